The van der Waals surface area contributed by atoms with Crippen molar-refractivity contribution >= 4 is 5.82 Å². The molecule has 1 aromatic carbocycles. The summed E-state index contributed by atoms with van der Waals surface area (Å²) in [6, 6.07) is 11.1. The number of hydrogen-bond acceptors (Lipinski definition) is 5. The summed E-state index contributed by atoms with van der Waals surface area (Å²) in [7, 11) is 3.17. The molecular weight excluding hydrogens is 330 g/mol. The maximum Gasteiger partial charge on any atom is 0.332 e. The van der Waals surface area contributed by atoms with Crippen molar-refractivity contribution in [2.45, 2.75) is 19.9 Å². The van der Waals surface area contributed by atoms with Crippen LogP contribution >= 0.6 is 0 Å². The molecule has 0 saturated heterocycles. The van der Waals surface area contributed by atoms with Crippen LogP contribution in [0.2, 0.25) is 0 Å². The Hall–Kier alpha value is -2.85. The van der Waals surface area contributed by atoms with Gasteiger partial charge in [0, 0.05) is 46.3 Å². The lowest BCUT2D eigenvalue weighted by atomic mass is 10.1. The molecule has 0 spiro atoms. The zero-order chi connectivity index (χ0) is 19.1. The molecule has 0 amide bonds. The SMILES string of the molecule is CCCN(CCNCc1ccc(C#N)cc1)c1cc(=O)n(C)c(=O)n1C. The molecule has 0 aliphatic rings. The van der Waals surface area contributed by atoms with Crippen LogP contribution in [0.4, 0.5) is 5.82 Å². The second-order valence-electron chi connectivity index (χ2n) is 6.21. The number of nitrogens with one attached hydrogen (secondary N) is 1. The van der Waals surface area contributed by atoms with Crippen molar-refractivity contribution in [1.29, 1.82) is 5.26 Å². The molecule has 0 bridgehead atoms. The number of anilines is 1. The zero-order valence-corrected chi connectivity index (χ0v) is 15.5. The highest BCUT2D eigenvalue weighted by molar-refractivity contribution is 5.38. The van der Waals surface area contributed by atoms with Gasteiger partial charge >= 0.3 is 5.69 Å². The van der Waals surface area contributed by atoms with Gasteiger partial charge in [0.2, 0.25) is 0 Å². The Labute approximate surface area is 153 Å². The highest BCUT2D eigenvalue weighted by atomic mass is 16.2. The van der Waals surface area contributed by atoms with Gasteiger partial charge in [-0.2, -0.15) is 5.26 Å². The van der Waals surface area contributed by atoms with Gasteiger partial charge in [0.05, 0.1) is 11.6 Å². The van der Waals surface area contributed by atoms with E-state index in [4.69, 9.17) is 5.26 Å². The molecule has 0 radical (unpaired) electrons. The van der Waals surface area contributed by atoms with Gasteiger partial charge in [-0.1, -0.05) is 19.1 Å². The van der Waals surface area contributed by atoms with Crippen molar-refractivity contribution in [3.63, 3.8) is 0 Å². The van der Waals surface area contributed by atoms with Crippen LogP contribution < -0.4 is 21.5 Å². The molecule has 1 heterocycles. The standard InChI is InChI=1S/C19H25N5O2/c1-4-10-24(17-12-18(25)23(3)19(26)22(17)2)11-9-21-14-16-7-5-15(13-20)6-8-16/h5-8,12,21H,4,9-11,14H2,1-3H3. The predicted octanol–water partition coefficient (Wildman–Crippen LogP) is 0.962. The number of benzene rings is 1. The fraction of sp³-hybridized carbons (Fsp3) is 0.421. The van der Waals surface area contributed by atoms with Gasteiger partial charge in [-0.25, -0.2) is 4.79 Å². The van der Waals surface area contributed by atoms with E-state index in [9.17, 15) is 9.59 Å². The number of nitriles is 1. The third kappa shape index (κ3) is 4.61. The predicted molar refractivity (Wildman–Crippen MR) is 102 cm³/mol. The maximum absolute atomic E-state index is 12.1. The lowest BCUT2D eigenvalue weighted by Gasteiger charge is -2.26. The quantitative estimate of drug-likeness (QED) is 0.713. The number of rotatable bonds is 8. The Balaban J connectivity index is 2.01. The topological polar surface area (TPSA) is 83.1 Å². The Morgan fingerprint density at radius 2 is 1.81 bits per heavy atom. The van der Waals surface area contributed by atoms with E-state index in [-0.39, 0.29) is 11.2 Å². The van der Waals surface area contributed by atoms with Crippen molar-refractivity contribution in [1.82, 2.24) is 14.5 Å². The fourth-order valence-corrected chi connectivity index (χ4v) is 2.78. The molecule has 0 aliphatic heterocycles. The van der Waals surface area contributed by atoms with E-state index < -0.39 is 0 Å². The Morgan fingerprint density at radius 1 is 1.12 bits per heavy atom. The van der Waals surface area contributed by atoms with Crippen molar-refractivity contribution in [2.24, 2.45) is 14.1 Å². The van der Waals surface area contributed by atoms with Crippen LogP contribution in [0.1, 0.15) is 24.5 Å². The van der Waals surface area contributed by atoms with Gasteiger partial charge in [0.15, 0.2) is 0 Å². The van der Waals surface area contributed by atoms with Crippen LogP contribution in [0.15, 0.2) is 39.9 Å². The van der Waals surface area contributed by atoms with Crippen LogP contribution in [-0.4, -0.2) is 28.8 Å². The number of aromatic nitrogens is 2. The first kappa shape index (κ1) is 19.5. The number of nitrogens with zero attached hydrogens (tertiary/aromatic N) is 4. The second kappa shape index (κ2) is 9.02. The van der Waals surface area contributed by atoms with E-state index in [1.165, 1.54) is 17.7 Å². The van der Waals surface area contributed by atoms with Crippen molar-refractivity contribution in [3.05, 3.63) is 62.3 Å². The number of hydrogen-bond donors (Lipinski definition) is 1. The smallest absolute Gasteiger partial charge is 0.332 e. The minimum absolute atomic E-state index is 0.297. The molecule has 0 atom stereocenters. The van der Waals surface area contributed by atoms with E-state index in [1.807, 2.05) is 12.1 Å². The molecule has 7 nitrogen and oxygen atoms in total. The average Bonchev–Trinajstić information content (AvgIpc) is 2.66. The molecule has 26 heavy (non-hydrogen) atoms. The van der Waals surface area contributed by atoms with Crippen LogP contribution in [0, 0.1) is 11.3 Å². The third-order valence-electron chi connectivity index (χ3n) is 4.29. The summed E-state index contributed by atoms with van der Waals surface area (Å²) in [5.41, 5.74) is 1.13. The second-order valence-corrected chi connectivity index (χ2v) is 6.21. The average molecular weight is 355 g/mol. The summed E-state index contributed by atoms with van der Waals surface area (Å²) in [5.74, 6) is 0.639. The maximum atomic E-state index is 12.1. The first-order valence-electron chi connectivity index (χ1n) is 8.69. The van der Waals surface area contributed by atoms with E-state index in [2.05, 4.69) is 23.2 Å². The molecule has 1 aromatic heterocycles. The van der Waals surface area contributed by atoms with E-state index in [1.54, 1.807) is 19.2 Å². The van der Waals surface area contributed by atoms with Crippen LogP contribution in [0.25, 0.3) is 0 Å². The van der Waals surface area contributed by atoms with E-state index >= 15 is 0 Å². The van der Waals surface area contributed by atoms with Gasteiger partial charge in [0.1, 0.15) is 5.82 Å². The zero-order valence-electron chi connectivity index (χ0n) is 15.5. The summed E-state index contributed by atoms with van der Waals surface area (Å²) >= 11 is 0. The largest absolute Gasteiger partial charge is 0.356 e. The van der Waals surface area contributed by atoms with Crippen molar-refractivity contribution in [3.8, 4) is 6.07 Å². The van der Waals surface area contributed by atoms with Gasteiger partial charge in [-0.3, -0.25) is 13.9 Å². The Bertz CT molecular complexity index is 890. The first-order valence-corrected chi connectivity index (χ1v) is 8.69. The lowest BCUT2D eigenvalue weighted by Crippen LogP contribution is -2.42. The van der Waals surface area contributed by atoms with Crippen molar-refractivity contribution in [2.75, 3.05) is 24.5 Å². The molecule has 0 unspecified atom stereocenters. The summed E-state index contributed by atoms with van der Waals surface area (Å²) in [6.07, 6.45) is 0.916. The molecular formula is C19H25N5O2. The highest BCUT2D eigenvalue weighted by Crippen LogP contribution is 2.09. The van der Waals surface area contributed by atoms with Gasteiger partial charge < -0.3 is 10.2 Å². The minimum atomic E-state index is -0.320. The van der Waals surface area contributed by atoms with Crippen LogP contribution in [0.3, 0.4) is 0 Å². The molecule has 2 rings (SSSR count). The third-order valence-corrected chi connectivity index (χ3v) is 4.29. The van der Waals surface area contributed by atoms with Gasteiger partial charge in [-0.05, 0) is 24.1 Å². The monoisotopic (exact) mass is 355 g/mol. The Kier molecular flexibility index (Phi) is 6.75. The van der Waals surface area contributed by atoms with Crippen molar-refractivity contribution < 1.29 is 0 Å². The summed E-state index contributed by atoms with van der Waals surface area (Å²) in [4.78, 5) is 26.2. The van der Waals surface area contributed by atoms with E-state index in [0.29, 0.717) is 31.0 Å². The summed E-state index contributed by atoms with van der Waals surface area (Å²) < 4.78 is 2.62. The minimum Gasteiger partial charge on any atom is -0.356 e. The molecule has 2 aromatic rings. The molecule has 0 saturated carbocycles. The fourth-order valence-electron chi connectivity index (χ4n) is 2.78. The molecule has 0 fully saturated rings. The lowest BCUT2D eigenvalue weighted by molar-refractivity contribution is 0.619. The Morgan fingerprint density at radius 3 is 2.42 bits per heavy atom. The molecule has 1 N–H and O–H groups in total. The van der Waals surface area contributed by atoms with Gasteiger partial charge in [-0.15, -0.1) is 0 Å². The van der Waals surface area contributed by atoms with Crippen LogP contribution in [0.5, 0.6) is 0 Å². The highest BCUT2D eigenvalue weighted by Gasteiger charge is 2.12. The first-order chi connectivity index (χ1) is 12.5. The van der Waals surface area contributed by atoms with Crippen LogP contribution in [-0.2, 0) is 20.6 Å². The van der Waals surface area contributed by atoms with Gasteiger partial charge in [0.25, 0.3) is 5.56 Å². The van der Waals surface area contributed by atoms with E-state index in [0.717, 1.165) is 23.1 Å². The summed E-state index contributed by atoms with van der Waals surface area (Å²) in [6.45, 7) is 4.92. The normalized spacial score (nSPS) is 10.5. The molecule has 0 aliphatic carbocycles. The molecule has 138 valence electrons. The molecule has 7 heteroatoms. The summed E-state index contributed by atoms with van der Waals surface area (Å²) in [5, 5.41) is 12.2.